The summed E-state index contributed by atoms with van der Waals surface area (Å²) in [5.74, 6) is 0.461. The zero-order chi connectivity index (χ0) is 10.8. The van der Waals surface area contributed by atoms with Gasteiger partial charge in [-0.1, -0.05) is 32.0 Å². The van der Waals surface area contributed by atoms with E-state index in [-0.39, 0.29) is 0 Å². The summed E-state index contributed by atoms with van der Waals surface area (Å²) >= 11 is 0. The third-order valence-electron chi connectivity index (χ3n) is 2.57. The lowest BCUT2D eigenvalue weighted by molar-refractivity contribution is 0.876. The molecule has 0 fully saturated rings. The molecule has 0 bridgehead atoms. The third kappa shape index (κ3) is 1.57. The zero-order valence-electron chi connectivity index (χ0n) is 8.86. The molecular formula is C13H12N2. The molecule has 0 unspecified atom stereocenters. The van der Waals surface area contributed by atoms with Gasteiger partial charge in [-0.2, -0.15) is 5.26 Å². The van der Waals surface area contributed by atoms with Crippen molar-refractivity contribution in [3.8, 4) is 6.07 Å². The van der Waals surface area contributed by atoms with Crippen LogP contribution in [0.15, 0.2) is 30.5 Å². The van der Waals surface area contributed by atoms with Crippen LogP contribution in [0, 0.1) is 11.3 Å². The normalized spacial score (nSPS) is 10.5. The van der Waals surface area contributed by atoms with E-state index in [2.05, 4.69) is 31.0 Å². The van der Waals surface area contributed by atoms with Gasteiger partial charge in [0.05, 0.1) is 0 Å². The van der Waals surface area contributed by atoms with Crippen LogP contribution in [0.2, 0.25) is 0 Å². The first-order valence-electron chi connectivity index (χ1n) is 5.01. The number of aromatic nitrogens is 1. The van der Waals surface area contributed by atoms with Crippen LogP contribution in [0.1, 0.15) is 31.0 Å². The third-order valence-corrected chi connectivity index (χ3v) is 2.57. The second kappa shape index (κ2) is 3.70. The van der Waals surface area contributed by atoms with Crippen molar-refractivity contribution >= 4 is 10.8 Å². The lowest BCUT2D eigenvalue weighted by Crippen LogP contribution is -1.92. The molecule has 2 heteroatoms. The van der Waals surface area contributed by atoms with Gasteiger partial charge in [0.25, 0.3) is 0 Å². The zero-order valence-corrected chi connectivity index (χ0v) is 8.86. The highest BCUT2D eigenvalue weighted by Gasteiger charge is 2.07. The fraction of sp³-hybridized carbons (Fsp3) is 0.231. The van der Waals surface area contributed by atoms with E-state index in [1.54, 1.807) is 6.20 Å². The number of nitrogens with zero attached hydrogens (tertiary/aromatic N) is 2. The molecule has 2 nitrogen and oxygen atoms in total. The molecule has 0 spiro atoms. The summed E-state index contributed by atoms with van der Waals surface area (Å²) in [5, 5.41) is 11.0. The molecule has 0 atom stereocenters. The molecule has 2 rings (SSSR count). The molecule has 1 heterocycles. The van der Waals surface area contributed by atoms with E-state index < -0.39 is 0 Å². The highest BCUT2D eigenvalue weighted by Crippen LogP contribution is 2.26. The molecule has 0 saturated carbocycles. The van der Waals surface area contributed by atoms with E-state index in [9.17, 15) is 0 Å². The van der Waals surface area contributed by atoms with Gasteiger partial charge in [0.1, 0.15) is 11.8 Å². The quantitative estimate of drug-likeness (QED) is 0.702. The predicted octanol–water partition coefficient (Wildman–Crippen LogP) is 3.23. The Labute approximate surface area is 89.2 Å². The van der Waals surface area contributed by atoms with Gasteiger partial charge in [-0.15, -0.1) is 0 Å². The van der Waals surface area contributed by atoms with E-state index in [0.717, 1.165) is 10.8 Å². The Hall–Kier alpha value is -1.88. The van der Waals surface area contributed by atoms with Gasteiger partial charge in [-0.05, 0) is 22.9 Å². The highest BCUT2D eigenvalue weighted by molar-refractivity contribution is 5.89. The predicted molar refractivity (Wildman–Crippen MR) is 60.5 cm³/mol. The Kier molecular flexibility index (Phi) is 2.39. The summed E-state index contributed by atoms with van der Waals surface area (Å²) in [4.78, 5) is 4.06. The Balaban J connectivity index is 2.84. The van der Waals surface area contributed by atoms with E-state index in [4.69, 9.17) is 5.26 Å². The molecule has 1 aromatic heterocycles. The van der Waals surface area contributed by atoms with E-state index >= 15 is 0 Å². The Morgan fingerprint density at radius 2 is 2.00 bits per heavy atom. The number of hydrogen-bond acceptors (Lipinski definition) is 2. The fourth-order valence-corrected chi connectivity index (χ4v) is 1.82. The topological polar surface area (TPSA) is 36.7 Å². The summed E-state index contributed by atoms with van der Waals surface area (Å²) in [6, 6.07) is 10.1. The minimum Gasteiger partial charge on any atom is -0.245 e. The van der Waals surface area contributed by atoms with Gasteiger partial charge in [-0.25, -0.2) is 4.98 Å². The Bertz CT molecular complexity index is 536. The lowest BCUT2D eigenvalue weighted by atomic mass is 9.96. The molecule has 0 aliphatic carbocycles. The molecular weight excluding hydrogens is 184 g/mol. The first-order chi connectivity index (χ1) is 7.24. The van der Waals surface area contributed by atoms with Gasteiger partial charge >= 0.3 is 0 Å². The molecule has 0 amide bonds. The molecule has 0 saturated heterocycles. The highest BCUT2D eigenvalue weighted by atomic mass is 14.7. The van der Waals surface area contributed by atoms with Crippen LogP contribution in [0.5, 0.6) is 0 Å². The van der Waals surface area contributed by atoms with Crippen LogP contribution in [0.25, 0.3) is 10.8 Å². The molecule has 1 aromatic carbocycles. The van der Waals surface area contributed by atoms with E-state index in [1.807, 2.05) is 18.2 Å². The minimum absolute atomic E-state index is 0.461. The van der Waals surface area contributed by atoms with Crippen molar-refractivity contribution in [2.45, 2.75) is 19.8 Å². The molecule has 74 valence electrons. The second-order valence-electron chi connectivity index (χ2n) is 3.87. The molecule has 2 aromatic rings. The number of pyridine rings is 1. The molecule has 15 heavy (non-hydrogen) atoms. The smallest absolute Gasteiger partial charge is 0.148 e. The van der Waals surface area contributed by atoms with Crippen LogP contribution in [0.4, 0.5) is 0 Å². The Morgan fingerprint density at radius 1 is 1.20 bits per heavy atom. The van der Waals surface area contributed by atoms with Crippen LogP contribution in [-0.2, 0) is 0 Å². The van der Waals surface area contributed by atoms with Crippen LogP contribution < -0.4 is 0 Å². The van der Waals surface area contributed by atoms with E-state index in [1.165, 1.54) is 5.56 Å². The van der Waals surface area contributed by atoms with Gasteiger partial charge in [-0.3, -0.25) is 0 Å². The number of nitriles is 1. The van der Waals surface area contributed by atoms with Gasteiger partial charge in [0.2, 0.25) is 0 Å². The number of fused-ring (bicyclic) bond motifs is 1. The van der Waals surface area contributed by atoms with Gasteiger partial charge in [0, 0.05) is 11.6 Å². The van der Waals surface area contributed by atoms with Crippen molar-refractivity contribution in [2.75, 3.05) is 0 Å². The summed E-state index contributed by atoms with van der Waals surface area (Å²) in [5.41, 5.74) is 1.78. The van der Waals surface area contributed by atoms with Gasteiger partial charge in [0.15, 0.2) is 0 Å². The molecule has 0 radical (unpaired) electrons. The molecule has 0 aliphatic heterocycles. The van der Waals surface area contributed by atoms with Crippen molar-refractivity contribution in [1.82, 2.24) is 4.98 Å². The average molecular weight is 196 g/mol. The fourth-order valence-electron chi connectivity index (χ4n) is 1.82. The maximum atomic E-state index is 8.95. The number of rotatable bonds is 1. The summed E-state index contributed by atoms with van der Waals surface area (Å²) in [6.07, 6.45) is 1.70. The van der Waals surface area contributed by atoms with Crippen LogP contribution in [-0.4, -0.2) is 4.98 Å². The molecule has 0 N–H and O–H groups in total. The lowest BCUT2D eigenvalue weighted by Gasteiger charge is -2.09. The number of hydrogen-bond donors (Lipinski definition) is 0. The summed E-state index contributed by atoms with van der Waals surface area (Å²) < 4.78 is 0. The minimum atomic E-state index is 0.461. The van der Waals surface area contributed by atoms with E-state index in [0.29, 0.717) is 11.6 Å². The van der Waals surface area contributed by atoms with Crippen molar-refractivity contribution in [3.63, 3.8) is 0 Å². The Morgan fingerprint density at radius 3 is 2.67 bits per heavy atom. The largest absolute Gasteiger partial charge is 0.245 e. The summed E-state index contributed by atoms with van der Waals surface area (Å²) in [6.45, 7) is 4.31. The van der Waals surface area contributed by atoms with Crippen molar-refractivity contribution < 1.29 is 0 Å². The van der Waals surface area contributed by atoms with Crippen molar-refractivity contribution in [1.29, 1.82) is 5.26 Å². The van der Waals surface area contributed by atoms with Crippen LogP contribution in [0.3, 0.4) is 0 Å². The number of benzene rings is 1. The maximum Gasteiger partial charge on any atom is 0.148 e. The van der Waals surface area contributed by atoms with Gasteiger partial charge < -0.3 is 0 Å². The average Bonchev–Trinajstić information content (AvgIpc) is 2.27. The van der Waals surface area contributed by atoms with Crippen molar-refractivity contribution in [2.24, 2.45) is 0 Å². The van der Waals surface area contributed by atoms with Crippen molar-refractivity contribution in [3.05, 3.63) is 41.7 Å². The second-order valence-corrected chi connectivity index (χ2v) is 3.87. The maximum absolute atomic E-state index is 8.95. The van der Waals surface area contributed by atoms with Crippen LogP contribution >= 0.6 is 0 Å². The monoisotopic (exact) mass is 196 g/mol. The standard InChI is InChI=1S/C13H12N2/c1-9(2)10-4-3-5-12-11(10)6-7-15-13(12)8-14/h3-7,9H,1-2H3. The first kappa shape index (κ1) is 9.67. The first-order valence-corrected chi connectivity index (χ1v) is 5.01. The SMILES string of the molecule is CC(C)c1cccc2c(C#N)nccc12. The molecule has 0 aliphatic rings. The summed E-state index contributed by atoms with van der Waals surface area (Å²) in [7, 11) is 0.